The highest BCUT2D eigenvalue weighted by molar-refractivity contribution is 6.60. The maximum atomic E-state index is 12.9. The van der Waals surface area contributed by atoms with Gasteiger partial charge < -0.3 is 35.3 Å². The lowest BCUT2D eigenvalue weighted by atomic mass is 9.49. The van der Waals surface area contributed by atoms with E-state index in [0.29, 0.717) is 30.8 Å². The van der Waals surface area contributed by atoms with Crippen molar-refractivity contribution in [3.8, 4) is 17.1 Å². The molecule has 1 aliphatic carbocycles. The minimum absolute atomic E-state index is 0.0890. The number of hydrogen-bond donors (Lipinski definition) is 4. The lowest BCUT2D eigenvalue weighted by molar-refractivity contribution is -0.123. The van der Waals surface area contributed by atoms with E-state index in [1.54, 1.807) is 25.3 Å². The van der Waals surface area contributed by atoms with Crippen LogP contribution in [0.1, 0.15) is 48.5 Å². The minimum atomic E-state index is -2.03. The maximum absolute atomic E-state index is 12.9. The summed E-state index contributed by atoms with van der Waals surface area (Å²) in [7, 11) is 19.6. The van der Waals surface area contributed by atoms with E-state index in [-0.39, 0.29) is 52.4 Å². The molecule has 17 heteroatoms. The van der Waals surface area contributed by atoms with Gasteiger partial charge in [0, 0.05) is 25.6 Å². The van der Waals surface area contributed by atoms with E-state index in [9.17, 15) is 14.4 Å². The molecule has 0 aliphatic heterocycles. The van der Waals surface area contributed by atoms with Crippen molar-refractivity contribution in [2.24, 2.45) is 5.92 Å². The fraction of sp³-hybridized carbons (Fsp3) is 0.423. The molecule has 1 aliphatic rings. The van der Waals surface area contributed by atoms with Crippen LogP contribution in [0.2, 0.25) is 0 Å². The van der Waals surface area contributed by atoms with Crippen LogP contribution >= 0.6 is 0 Å². The molecule has 4 rings (SSSR count). The number of anilines is 3. The molecule has 1 saturated carbocycles. The molecule has 2 heterocycles. The van der Waals surface area contributed by atoms with Crippen LogP contribution in [0.4, 0.5) is 17.2 Å². The van der Waals surface area contributed by atoms with Gasteiger partial charge in [-0.3, -0.25) is 14.4 Å². The van der Waals surface area contributed by atoms with E-state index in [1.807, 2.05) is 6.92 Å². The monoisotopic (exact) mass is 582 g/mol. The van der Waals surface area contributed by atoms with E-state index in [2.05, 4.69) is 41.6 Å². The van der Waals surface area contributed by atoms with Gasteiger partial charge in [0.1, 0.15) is 5.92 Å². The van der Waals surface area contributed by atoms with Crippen LogP contribution in [0.15, 0.2) is 28.8 Å². The van der Waals surface area contributed by atoms with Gasteiger partial charge in [-0.1, -0.05) is 23.4 Å². The molecular weight excluding hydrogens is 553 g/mol. The number of para-hydroxylation sites is 1. The van der Waals surface area contributed by atoms with Crippen LogP contribution in [0.5, 0.6) is 5.75 Å². The average Bonchev–Trinajstić information content (AvgIpc) is 3.70. The topological polar surface area (TPSA) is 182 Å². The Bertz CT molecular complexity index is 1480. The number of rotatable bonds is 14. The summed E-state index contributed by atoms with van der Waals surface area (Å²) in [4.78, 5) is 42.4. The molecule has 0 spiro atoms. The summed E-state index contributed by atoms with van der Waals surface area (Å²) in [5.41, 5.74) is 0.717. The van der Waals surface area contributed by atoms with Crippen molar-refractivity contribution in [1.29, 1.82) is 0 Å². The van der Waals surface area contributed by atoms with Gasteiger partial charge in [0.2, 0.25) is 23.5 Å². The first kappa shape index (κ1) is 31.5. The van der Waals surface area contributed by atoms with E-state index >= 15 is 0 Å². The third kappa shape index (κ3) is 8.12. The zero-order chi connectivity index (χ0) is 31.1. The van der Waals surface area contributed by atoms with Crippen LogP contribution < -0.4 is 26.0 Å². The first-order valence-corrected chi connectivity index (χ1v) is 13.5. The first-order valence-electron chi connectivity index (χ1n) is 13.5. The Balaban J connectivity index is 1.66. The summed E-state index contributed by atoms with van der Waals surface area (Å²) in [5.74, 6) is -1.35. The molecule has 3 aromatic rings. The van der Waals surface area contributed by atoms with Crippen molar-refractivity contribution < 1.29 is 28.4 Å². The SMILES string of the molecule is [B]C([B])([B])NC(=O)c1nnc(NC(=O)C2CC2)cc1Nc1cccc(-c2noc(C(CC)C(=O)NCCOC)n2)c1OC. The number of methoxy groups -OCH3 is 2. The third-order valence-electron chi connectivity index (χ3n) is 6.34. The smallest absolute Gasteiger partial charge is 0.272 e. The molecule has 14 nitrogen and oxygen atoms in total. The van der Waals surface area contributed by atoms with E-state index in [1.165, 1.54) is 13.2 Å². The van der Waals surface area contributed by atoms with Gasteiger partial charge in [0.25, 0.3) is 5.91 Å². The predicted octanol–water partition coefficient (Wildman–Crippen LogP) is 0.730. The molecule has 1 aromatic carbocycles. The largest absolute Gasteiger partial charge is 0.494 e. The number of aromatic nitrogens is 4. The van der Waals surface area contributed by atoms with Crippen LogP contribution in [0, 0.1) is 5.92 Å². The van der Waals surface area contributed by atoms with Crippen molar-refractivity contribution >= 4 is 58.5 Å². The van der Waals surface area contributed by atoms with Gasteiger partial charge in [0.05, 0.1) is 54.2 Å². The number of nitrogens with one attached hydrogen (secondary N) is 4. The fourth-order valence-corrected chi connectivity index (χ4v) is 4.08. The summed E-state index contributed by atoms with van der Waals surface area (Å²) in [6.45, 7) is 2.54. The molecular formula is C26H29B3N8O6. The number of hydrogen-bond acceptors (Lipinski definition) is 11. The highest BCUT2D eigenvalue weighted by atomic mass is 16.5. The molecule has 3 amide bonds. The van der Waals surface area contributed by atoms with E-state index < -0.39 is 17.1 Å². The Kier molecular flexibility index (Phi) is 10.1. The van der Waals surface area contributed by atoms with Gasteiger partial charge in [-0.15, -0.1) is 10.2 Å². The third-order valence-corrected chi connectivity index (χ3v) is 6.34. The summed E-state index contributed by atoms with van der Waals surface area (Å²) in [5, 5.41) is 20.7. The van der Waals surface area contributed by atoms with Crippen LogP contribution in [0.3, 0.4) is 0 Å². The van der Waals surface area contributed by atoms with E-state index in [4.69, 9.17) is 37.5 Å². The molecule has 4 N–H and O–H groups in total. The van der Waals surface area contributed by atoms with Crippen LogP contribution in [0.25, 0.3) is 11.4 Å². The van der Waals surface area contributed by atoms with Crippen LogP contribution in [-0.2, 0) is 14.3 Å². The quantitative estimate of drug-likeness (QED) is 0.155. The average molecular weight is 582 g/mol. The van der Waals surface area contributed by atoms with Gasteiger partial charge in [-0.05, 0) is 31.4 Å². The Morgan fingerprint density at radius 2 is 1.91 bits per heavy atom. The molecule has 1 atom stereocenters. The lowest BCUT2D eigenvalue weighted by Crippen LogP contribution is -2.50. The molecule has 0 saturated heterocycles. The van der Waals surface area contributed by atoms with Crippen molar-refractivity contribution in [1.82, 2.24) is 31.0 Å². The summed E-state index contributed by atoms with van der Waals surface area (Å²) in [6, 6.07) is 6.49. The first-order chi connectivity index (χ1) is 20.5. The van der Waals surface area contributed by atoms with Gasteiger partial charge in [-0.25, -0.2) is 0 Å². The van der Waals surface area contributed by atoms with Gasteiger partial charge in [-0.2, -0.15) is 4.98 Å². The van der Waals surface area contributed by atoms with Gasteiger partial charge >= 0.3 is 0 Å². The number of carbonyl (C=O) groups is 3. The molecule has 0 bridgehead atoms. The highest BCUT2D eigenvalue weighted by Gasteiger charge is 2.31. The number of amides is 3. The second-order valence-corrected chi connectivity index (χ2v) is 9.85. The Morgan fingerprint density at radius 3 is 2.56 bits per heavy atom. The molecule has 2 aromatic heterocycles. The Hall–Kier alpha value is -4.40. The molecule has 43 heavy (non-hydrogen) atoms. The zero-order valence-corrected chi connectivity index (χ0v) is 24.0. The number of benzene rings is 1. The van der Waals surface area contributed by atoms with Crippen molar-refractivity contribution in [2.75, 3.05) is 38.0 Å². The van der Waals surface area contributed by atoms with Crippen molar-refractivity contribution in [2.45, 2.75) is 37.3 Å². The predicted molar refractivity (Wildman–Crippen MR) is 158 cm³/mol. The number of ether oxygens (including phenoxy) is 2. The van der Waals surface area contributed by atoms with Crippen LogP contribution in [-0.4, -0.2) is 94.2 Å². The van der Waals surface area contributed by atoms with Crippen molar-refractivity contribution in [3.05, 3.63) is 35.9 Å². The minimum Gasteiger partial charge on any atom is -0.494 e. The standard InChI is InChI=1S/C26H29B3N8O6/c1-4-14(23(39)30-10-11-41-2)25-33-21(37-43-25)15-6-5-7-16(20(15)42-3)31-17-12-18(32-22(38)13-8-9-13)35-36-19(17)24(40)34-26(27,28)29/h5-7,12-14H,4,8-11H2,1-3H3,(H,30,39)(H,34,40)(H2,31,32,35,38). The summed E-state index contributed by atoms with van der Waals surface area (Å²) >= 11 is 0. The second-order valence-electron chi connectivity index (χ2n) is 9.85. The summed E-state index contributed by atoms with van der Waals surface area (Å²) in [6.07, 6.45) is 2.00. The van der Waals surface area contributed by atoms with Crippen molar-refractivity contribution in [3.63, 3.8) is 0 Å². The number of carbonyl (C=O) groups excluding carboxylic acids is 3. The van der Waals surface area contributed by atoms with E-state index in [0.717, 1.165) is 12.8 Å². The lowest BCUT2D eigenvalue weighted by Gasteiger charge is -2.23. The maximum Gasteiger partial charge on any atom is 0.272 e. The normalized spacial score (nSPS) is 13.6. The molecule has 1 unspecified atom stereocenters. The number of nitrogens with zero attached hydrogens (tertiary/aromatic N) is 4. The Labute approximate surface area is 252 Å². The molecule has 1 fully saturated rings. The summed E-state index contributed by atoms with van der Waals surface area (Å²) < 4.78 is 16.1. The molecule has 218 valence electrons. The Morgan fingerprint density at radius 1 is 1.14 bits per heavy atom. The fourth-order valence-electron chi connectivity index (χ4n) is 4.08. The molecule has 6 radical (unpaired) electrons. The van der Waals surface area contributed by atoms with Gasteiger partial charge in [0.15, 0.2) is 17.3 Å². The second kappa shape index (κ2) is 13.7. The highest BCUT2D eigenvalue weighted by Crippen LogP contribution is 2.38. The zero-order valence-electron chi connectivity index (χ0n) is 24.0.